The summed E-state index contributed by atoms with van der Waals surface area (Å²) in [6, 6.07) is 0. The van der Waals surface area contributed by atoms with Gasteiger partial charge in [-0.05, 0) is 36.6 Å². The predicted molar refractivity (Wildman–Crippen MR) is 54.9 cm³/mol. The van der Waals surface area contributed by atoms with Gasteiger partial charge in [0.1, 0.15) is 5.76 Å². The second-order valence-corrected chi connectivity index (χ2v) is 3.10. The number of rotatable bonds is 4. The molecule has 1 aliphatic rings. The van der Waals surface area contributed by atoms with Gasteiger partial charge in [-0.25, -0.2) is 0 Å². The molecule has 2 heteroatoms. The van der Waals surface area contributed by atoms with Crippen LogP contribution in [0.1, 0.15) is 26.7 Å². The molecule has 1 aliphatic carbocycles. The maximum Gasteiger partial charge on any atom is 0.120 e. The first-order chi connectivity index (χ1) is 6.30. The molecule has 0 unspecified atom stereocenters. The lowest BCUT2D eigenvalue weighted by Crippen LogP contribution is -2.08. The van der Waals surface area contributed by atoms with E-state index in [-0.39, 0.29) is 0 Å². The zero-order valence-corrected chi connectivity index (χ0v) is 8.29. The minimum absolute atomic E-state index is 0.327. The monoisotopic (exact) mass is 179 g/mol. The molecule has 72 valence electrons. The van der Waals surface area contributed by atoms with Crippen molar-refractivity contribution in [2.75, 3.05) is 0 Å². The van der Waals surface area contributed by atoms with Crippen LogP contribution in [0.2, 0.25) is 0 Å². The molecule has 0 atom stereocenters. The Morgan fingerprint density at radius 1 is 1.38 bits per heavy atom. The van der Waals surface area contributed by atoms with Gasteiger partial charge < -0.3 is 10.5 Å². The van der Waals surface area contributed by atoms with Gasteiger partial charge in [0, 0.05) is 6.20 Å². The maximum absolute atomic E-state index is 5.72. The molecule has 0 spiro atoms. The minimum Gasteiger partial charge on any atom is -0.490 e. The van der Waals surface area contributed by atoms with E-state index in [1.54, 1.807) is 6.20 Å². The van der Waals surface area contributed by atoms with Crippen molar-refractivity contribution in [3.05, 3.63) is 35.8 Å². The molecular formula is C11H17NO. The first-order valence-corrected chi connectivity index (χ1v) is 4.78. The number of ether oxygens (including phenoxy) is 1. The topological polar surface area (TPSA) is 35.2 Å². The van der Waals surface area contributed by atoms with Crippen LogP contribution in [-0.2, 0) is 4.74 Å². The standard InChI is InChI=1S/C11H17NO/c1-3-10(4-2)13-11-6-5-9(7-11)8-12/h5-8,10H,3-4,12H2,1-2H3/b9-8-. The van der Waals surface area contributed by atoms with Gasteiger partial charge in [0.15, 0.2) is 0 Å². The quantitative estimate of drug-likeness (QED) is 0.719. The van der Waals surface area contributed by atoms with Crippen molar-refractivity contribution in [1.29, 1.82) is 0 Å². The van der Waals surface area contributed by atoms with Crippen molar-refractivity contribution in [2.24, 2.45) is 5.73 Å². The second-order valence-electron chi connectivity index (χ2n) is 3.10. The summed E-state index contributed by atoms with van der Waals surface area (Å²) in [7, 11) is 0. The van der Waals surface area contributed by atoms with Crippen LogP contribution in [0.25, 0.3) is 0 Å². The van der Waals surface area contributed by atoms with Gasteiger partial charge in [0.05, 0.1) is 6.10 Å². The Hall–Kier alpha value is -1.18. The fraction of sp³-hybridized carbons (Fsp3) is 0.455. The number of nitrogens with two attached hydrogens (primary N) is 1. The molecule has 0 heterocycles. The number of hydrogen-bond acceptors (Lipinski definition) is 2. The van der Waals surface area contributed by atoms with Crippen molar-refractivity contribution in [1.82, 2.24) is 0 Å². The van der Waals surface area contributed by atoms with Crippen LogP contribution in [0.4, 0.5) is 0 Å². The lowest BCUT2D eigenvalue weighted by molar-refractivity contribution is 0.118. The summed E-state index contributed by atoms with van der Waals surface area (Å²) in [5, 5.41) is 0. The van der Waals surface area contributed by atoms with Crippen LogP contribution in [-0.4, -0.2) is 6.10 Å². The highest BCUT2D eigenvalue weighted by atomic mass is 16.5. The van der Waals surface area contributed by atoms with Crippen LogP contribution in [0, 0.1) is 0 Å². The molecule has 0 aromatic heterocycles. The first kappa shape index (κ1) is 9.90. The second kappa shape index (κ2) is 4.75. The van der Waals surface area contributed by atoms with Gasteiger partial charge in [0.2, 0.25) is 0 Å². The van der Waals surface area contributed by atoms with Crippen molar-refractivity contribution < 1.29 is 4.74 Å². The molecule has 0 amide bonds. The average molecular weight is 179 g/mol. The molecule has 1 rings (SSSR count). The van der Waals surface area contributed by atoms with E-state index in [1.807, 2.05) is 18.2 Å². The van der Waals surface area contributed by atoms with Crippen molar-refractivity contribution in [3.63, 3.8) is 0 Å². The summed E-state index contributed by atoms with van der Waals surface area (Å²) in [6.07, 6.45) is 9.87. The zero-order chi connectivity index (χ0) is 9.68. The summed E-state index contributed by atoms with van der Waals surface area (Å²) in [5.74, 6) is 0.922. The molecule has 13 heavy (non-hydrogen) atoms. The summed E-state index contributed by atoms with van der Waals surface area (Å²) < 4.78 is 5.72. The van der Waals surface area contributed by atoms with Gasteiger partial charge in [-0.3, -0.25) is 0 Å². The van der Waals surface area contributed by atoms with Crippen LogP contribution in [0.15, 0.2) is 35.8 Å². The Morgan fingerprint density at radius 2 is 2.08 bits per heavy atom. The molecule has 0 aliphatic heterocycles. The summed E-state index contributed by atoms with van der Waals surface area (Å²) in [6.45, 7) is 4.26. The Kier molecular flexibility index (Phi) is 3.62. The third kappa shape index (κ3) is 2.65. The Balaban J connectivity index is 2.52. The predicted octanol–water partition coefficient (Wildman–Crippen LogP) is 2.49. The Labute approximate surface area is 79.8 Å². The van der Waals surface area contributed by atoms with Crippen LogP contribution >= 0.6 is 0 Å². The molecule has 0 fully saturated rings. The van der Waals surface area contributed by atoms with E-state index in [4.69, 9.17) is 10.5 Å². The van der Waals surface area contributed by atoms with E-state index in [0.717, 1.165) is 24.2 Å². The lowest BCUT2D eigenvalue weighted by Gasteiger charge is -2.14. The highest BCUT2D eigenvalue weighted by Crippen LogP contribution is 2.18. The molecular weight excluding hydrogens is 162 g/mol. The van der Waals surface area contributed by atoms with Crippen molar-refractivity contribution in [2.45, 2.75) is 32.8 Å². The normalized spacial score (nSPS) is 18.4. The van der Waals surface area contributed by atoms with E-state index < -0.39 is 0 Å². The Bertz CT molecular complexity index is 247. The van der Waals surface area contributed by atoms with Crippen molar-refractivity contribution in [3.8, 4) is 0 Å². The van der Waals surface area contributed by atoms with Gasteiger partial charge in [-0.1, -0.05) is 13.8 Å². The first-order valence-electron chi connectivity index (χ1n) is 4.78. The highest BCUT2D eigenvalue weighted by Gasteiger charge is 2.08. The van der Waals surface area contributed by atoms with Crippen molar-refractivity contribution >= 4 is 0 Å². The van der Waals surface area contributed by atoms with E-state index in [2.05, 4.69) is 13.8 Å². The molecule has 0 radical (unpaired) electrons. The largest absolute Gasteiger partial charge is 0.490 e. The summed E-state index contributed by atoms with van der Waals surface area (Å²) in [5.41, 5.74) is 6.39. The number of allylic oxidation sites excluding steroid dienone is 4. The average Bonchev–Trinajstić information content (AvgIpc) is 2.61. The van der Waals surface area contributed by atoms with E-state index >= 15 is 0 Å². The fourth-order valence-corrected chi connectivity index (χ4v) is 1.26. The zero-order valence-electron chi connectivity index (χ0n) is 8.29. The molecule has 2 N–H and O–H groups in total. The molecule has 0 aromatic carbocycles. The van der Waals surface area contributed by atoms with Gasteiger partial charge in [-0.15, -0.1) is 0 Å². The maximum atomic E-state index is 5.72. The van der Waals surface area contributed by atoms with E-state index in [9.17, 15) is 0 Å². The molecule has 0 saturated carbocycles. The molecule has 0 aromatic rings. The van der Waals surface area contributed by atoms with E-state index in [1.165, 1.54) is 0 Å². The van der Waals surface area contributed by atoms with Gasteiger partial charge >= 0.3 is 0 Å². The summed E-state index contributed by atoms with van der Waals surface area (Å²) in [4.78, 5) is 0. The van der Waals surface area contributed by atoms with Crippen LogP contribution in [0.3, 0.4) is 0 Å². The molecule has 0 bridgehead atoms. The fourth-order valence-electron chi connectivity index (χ4n) is 1.26. The van der Waals surface area contributed by atoms with Gasteiger partial charge in [0.25, 0.3) is 0 Å². The minimum atomic E-state index is 0.327. The van der Waals surface area contributed by atoms with E-state index in [0.29, 0.717) is 6.10 Å². The smallest absolute Gasteiger partial charge is 0.120 e. The van der Waals surface area contributed by atoms with Crippen LogP contribution < -0.4 is 5.73 Å². The van der Waals surface area contributed by atoms with Crippen LogP contribution in [0.5, 0.6) is 0 Å². The Morgan fingerprint density at radius 3 is 2.54 bits per heavy atom. The van der Waals surface area contributed by atoms with Gasteiger partial charge in [-0.2, -0.15) is 0 Å². The lowest BCUT2D eigenvalue weighted by atomic mass is 10.2. The molecule has 0 saturated heterocycles. The highest BCUT2D eigenvalue weighted by molar-refractivity contribution is 5.42. The number of hydrogen-bond donors (Lipinski definition) is 1. The SMILES string of the molecule is CCC(CC)OC1=C/C(=C\N)C=C1. The molecule has 2 nitrogen and oxygen atoms in total. The third-order valence-electron chi connectivity index (χ3n) is 2.15. The summed E-state index contributed by atoms with van der Waals surface area (Å²) >= 11 is 0. The third-order valence-corrected chi connectivity index (χ3v) is 2.15.